The molecule has 5 heteroatoms. The molecule has 0 saturated carbocycles. The highest BCUT2D eigenvalue weighted by atomic mass is 79.9. The standard InChI is InChI=1S/C10H20BrNO3/c1-4-10(5-2,7-13)12-6-8(11)9(14)15-3/h8,12-13H,4-7H2,1-3H3. The summed E-state index contributed by atoms with van der Waals surface area (Å²) in [6.07, 6.45) is 1.64. The van der Waals surface area contributed by atoms with Crippen LogP contribution in [-0.2, 0) is 9.53 Å². The molecule has 0 aliphatic rings. The molecule has 90 valence electrons. The van der Waals surface area contributed by atoms with Crippen LogP contribution in [0.2, 0.25) is 0 Å². The summed E-state index contributed by atoms with van der Waals surface area (Å²) in [7, 11) is 1.36. The first kappa shape index (κ1) is 14.9. The lowest BCUT2D eigenvalue weighted by atomic mass is 9.94. The molecule has 4 nitrogen and oxygen atoms in total. The smallest absolute Gasteiger partial charge is 0.320 e. The molecule has 0 rings (SSSR count). The van der Waals surface area contributed by atoms with Gasteiger partial charge in [0.25, 0.3) is 0 Å². The van der Waals surface area contributed by atoms with Gasteiger partial charge < -0.3 is 15.2 Å². The first-order chi connectivity index (χ1) is 7.05. The molecule has 0 aromatic rings. The third kappa shape index (κ3) is 4.49. The van der Waals surface area contributed by atoms with Gasteiger partial charge in [-0.15, -0.1) is 0 Å². The van der Waals surface area contributed by atoms with E-state index in [4.69, 9.17) is 0 Å². The Kier molecular flexibility index (Phi) is 7.13. The zero-order valence-electron chi connectivity index (χ0n) is 9.55. The van der Waals surface area contributed by atoms with Crippen LogP contribution in [0.25, 0.3) is 0 Å². The molecule has 2 N–H and O–H groups in total. The van der Waals surface area contributed by atoms with Crippen LogP contribution >= 0.6 is 15.9 Å². The Morgan fingerprint density at radius 2 is 2.07 bits per heavy atom. The molecule has 0 saturated heterocycles. The van der Waals surface area contributed by atoms with E-state index in [0.717, 1.165) is 12.8 Å². The summed E-state index contributed by atoms with van der Waals surface area (Å²) in [4.78, 5) is 10.8. The van der Waals surface area contributed by atoms with Crippen LogP contribution in [0, 0.1) is 0 Å². The molecule has 1 unspecified atom stereocenters. The topological polar surface area (TPSA) is 58.6 Å². The largest absolute Gasteiger partial charge is 0.468 e. The van der Waals surface area contributed by atoms with Crippen molar-refractivity contribution in [2.24, 2.45) is 0 Å². The summed E-state index contributed by atoms with van der Waals surface area (Å²) in [6.45, 7) is 4.54. The van der Waals surface area contributed by atoms with E-state index < -0.39 is 0 Å². The number of nitrogens with one attached hydrogen (secondary N) is 1. The Labute approximate surface area is 99.5 Å². The van der Waals surface area contributed by atoms with E-state index in [1.54, 1.807) is 0 Å². The molecule has 0 amide bonds. The molecule has 0 heterocycles. The van der Waals surface area contributed by atoms with Gasteiger partial charge in [0.1, 0.15) is 4.83 Å². The lowest BCUT2D eigenvalue weighted by Crippen LogP contribution is -2.50. The number of rotatable bonds is 7. The zero-order chi connectivity index (χ0) is 11.9. The van der Waals surface area contributed by atoms with Crippen LogP contribution in [0.3, 0.4) is 0 Å². The minimum absolute atomic E-state index is 0.0703. The summed E-state index contributed by atoms with van der Waals surface area (Å²) in [5.41, 5.74) is -0.292. The van der Waals surface area contributed by atoms with Gasteiger partial charge in [0.2, 0.25) is 0 Å². The summed E-state index contributed by atoms with van der Waals surface area (Å²) < 4.78 is 4.59. The molecule has 0 bridgehead atoms. The highest BCUT2D eigenvalue weighted by Gasteiger charge is 2.26. The van der Waals surface area contributed by atoms with Gasteiger partial charge in [0.15, 0.2) is 0 Å². The number of aliphatic hydroxyl groups excluding tert-OH is 1. The highest BCUT2D eigenvalue weighted by molar-refractivity contribution is 9.10. The molecule has 0 aromatic heterocycles. The minimum Gasteiger partial charge on any atom is -0.468 e. The van der Waals surface area contributed by atoms with Gasteiger partial charge >= 0.3 is 5.97 Å². The van der Waals surface area contributed by atoms with Gasteiger partial charge in [0, 0.05) is 12.1 Å². The van der Waals surface area contributed by atoms with Gasteiger partial charge in [-0.05, 0) is 12.8 Å². The minimum atomic E-state index is -0.369. The van der Waals surface area contributed by atoms with Crippen molar-refractivity contribution < 1.29 is 14.6 Å². The lowest BCUT2D eigenvalue weighted by molar-refractivity contribution is -0.139. The number of methoxy groups -OCH3 is 1. The molecule has 0 aliphatic heterocycles. The van der Waals surface area contributed by atoms with Crippen LogP contribution in [-0.4, -0.2) is 41.7 Å². The van der Waals surface area contributed by atoms with Crippen LogP contribution in [0.5, 0.6) is 0 Å². The van der Waals surface area contributed by atoms with E-state index in [0.29, 0.717) is 6.54 Å². The van der Waals surface area contributed by atoms with E-state index >= 15 is 0 Å². The number of alkyl halides is 1. The van der Waals surface area contributed by atoms with Crippen LogP contribution in [0.1, 0.15) is 26.7 Å². The molecule has 15 heavy (non-hydrogen) atoms. The maximum atomic E-state index is 11.1. The number of carbonyl (C=O) groups is 1. The number of esters is 1. The maximum Gasteiger partial charge on any atom is 0.320 e. The van der Waals surface area contributed by atoms with Crippen molar-refractivity contribution in [3.05, 3.63) is 0 Å². The first-order valence-electron chi connectivity index (χ1n) is 5.13. The van der Waals surface area contributed by atoms with Crippen LogP contribution in [0.4, 0.5) is 0 Å². The maximum absolute atomic E-state index is 11.1. The molecular formula is C10H20BrNO3. The third-order valence-electron chi connectivity index (χ3n) is 2.77. The Bertz CT molecular complexity index is 187. The molecule has 0 fully saturated rings. The van der Waals surface area contributed by atoms with E-state index in [2.05, 4.69) is 26.0 Å². The summed E-state index contributed by atoms with van der Waals surface area (Å²) in [5.74, 6) is -0.304. The Morgan fingerprint density at radius 3 is 2.40 bits per heavy atom. The fourth-order valence-electron chi connectivity index (χ4n) is 1.30. The van der Waals surface area contributed by atoms with Gasteiger partial charge in [-0.1, -0.05) is 29.8 Å². The fourth-order valence-corrected chi connectivity index (χ4v) is 1.65. The van der Waals surface area contributed by atoms with Gasteiger partial charge in [0.05, 0.1) is 13.7 Å². The van der Waals surface area contributed by atoms with Gasteiger partial charge in [-0.2, -0.15) is 0 Å². The molecular weight excluding hydrogens is 262 g/mol. The fraction of sp³-hybridized carbons (Fsp3) is 0.900. The van der Waals surface area contributed by atoms with Gasteiger partial charge in [-0.25, -0.2) is 0 Å². The van der Waals surface area contributed by atoms with E-state index in [1.807, 2.05) is 13.8 Å². The van der Waals surface area contributed by atoms with Crippen molar-refractivity contribution in [1.29, 1.82) is 0 Å². The van der Waals surface area contributed by atoms with Crippen molar-refractivity contribution >= 4 is 21.9 Å². The molecule has 1 atom stereocenters. The van der Waals surface area contributed by atoms with Crippen LogP contribution < -0.4 is 5.32 Å². The molecule has 0 aliphatic carbocycles. The second kappa shape index (κ2) is 7.19. The predicted molar refractivity (Wildman–Crippen MR) is 63.1 cm³/mol. The Hall–Kier alpha value is -0.130. The number of ether oxygens (including phenoxy) is 1. The number of hydrogen-bond acceptors (Lipinski definition) is 4. The molecule has 0 radical (unpaired) electrons. The average Bonchev–Trinajstić information content (AvgIpc) is 2.30. The summed E-state index contributed by atoms with van der Waals surface area (Å²) >= 11 is 3.23. The van der Waals surface area contributed by atoms with Crippen molar-refractivity contribution in [3.63, 3.8) is 0 Å². The number of hydrogen-bond donors (Lipinski definition) is 2. The second-order valence-corrected chi connectivity index (χ2v) is 4.62. The second-order valence-electron chi connectivity index (χ2n) is 3.52. The number of carbonyl (C=O) groups excluding carboxylic acids is 1. The van der Waals surface area contributed by atoms with Gasteiger partial charge in [-0.3, -0.25) is 4.79 Å². The van der Waals surface area contributed by atoms with E-state index in [1.165, 1.54) is 7.11 Å². The van der Waals surface area contributed by atoms with E-state index in [-0.39, 0.29) is 22.9 Å². The number of aliphatic hydroxyl groups is 1. The Balaban J connectivity index is 4.16. The zero-order valence-corrected chi connectivity index (χ0v) is 11.1. The normalized spacial score (nSPS) is 13.7. The predicted octanol–water partition coefficient (Wildman–Crippen LogP) is 1.06. The lowest BCUT2D eigenvalue weighted by Gasteiger charge is -2.31. The monoisotopic (exact) mass is 281 g/mol. The quantitative estimate of drug-likeness (QED) is 0.541. The van der Waals surface area contributed by atoms with Crippen molar-refractivity contribution in [2.75, 3.05) is 20.3 Å². The van der Waals surface area contributed by atoms with Crippen molar-refractivity contribution in [2.45, 2.75) is 37.1 Å². The van der Waals surface area contributed by atoms with E-state index in [9.17, 15) is 9.90 Å². The summed E-state index contributed by atoms with van der Waals surface area (Å²) in [6, 6.07) is 0. The molecule has 0 aromatic carbocycles. The summed E-state index contributed by atoms with van der Waals surface area (Å²) in [5, 5.41) is 12.5. The highest BCUT2D eigenvalue weighted by Crippen LogP contribution is 2.14. The third-order valence-corrected chi connectivity index (χ3v) is 3.47. The van der Waals surface area contributed by atoms with Crippen molar-refractivity contribution in [1.82, 2.24) is 5.32 Å². The van der Waals surface area contributed by atoms with Crippen LogP contribution in [0.15, 0.2) is 0 Å². The average molecular weight is 282 g/mol. The van der Waals surface area contributed by atoms with Crippen molar-refractivity contribution in [3.8, 4) is 0 Å². The SMILES string of the molecule is CCC(CC)(CO)NCC(Br)C(=O)OC. The Morgan fingerprint density at radius 1 is 1.53 bits per heavy atom. The molecule has 0 spiro atoms. The number of halogens is 1. The first-order valence-corrected chi connectivity index (χ1v) is 6.04.